The van der Waals surface area contributed by atoms with Crippen molar-refractivity contribution in [2.75, 3.05) is 0 Å². The SMILES string of the molecule is CC(C1CC1)n1c(CCl)nc2ccccc21. The van der Waals surface area contributed by atoms with Gasteiger partial charge in [0, 0.05) is 6.04 Å². The first kappa shape index (κ1) is 10.2. The molecule has 1 aliphatic carbocycles. The van der Waals surface area contributed by atoms with E-state index < -0.39 is 0 Å². The minimum Gasteiger partial charge on any atom is -0.324 e. The molecule has 1 heterocycles. The third-order valence-corrected chi connectivity index (χ3v) is 3.74. The number of nitrogens with zero attached hydrogens (tertiary/aromatic N) is 2. The highest BCUT2D eigenvalue weighted by atomic mass is 35.5. The number of imidazole rings is 1. The molecule has 1 atom stereocenters. The van der Waals surface area contributed by atoms with Gasteiger partial charge in [0.1, 0.15) is 5.82 Å². The van der Waals surface area contributed by atoms with Crippen molar-refractivity contribution in [1.29, 1.82) is 0 Å². The van der Waals surface area contributed by atoms with E-state index in [1.807, 2.05) is 6.07 Å². The van der Waals surface area contributed by atoms with Gasteiger partial charge in [0.05, 0.1) is 16.9 Å². The van der Waals surface area contributed by atoms with E-state index in [0.29, 0.717) is 11.9 Å². The van der Waals surface area contributed by atoms with Gasteiger partial charge in [-0.3, -0.25) is 0 Å². The van der Waals surface area contributed by atoms with Crippen molar-refractivity contribution in [1.82, 2.24) is 9.55 Å². The maximum Gasteiger partial charge on any atom is 0.125 e. The highest BCUT2D eigenvalue weighted by molar-refractivity contribution is 6.16. The molecule has 84 valence electrons. The summed E-state index contributed by atoms with van der Waals surface area (Å²) in [7, 11) is 0. The molecular formula is C13H15ClN2. The van der Waals surface area contributed by atoms with E-state index in [-0.39, 0.29) is 0 Å². The first-order valence-electron chi connectivity index (χ1n) is 5.83. The zero-order chi connectivity index (χ0) is 11.1. The smallest absolute Gasteiger partial charge is 0.125 e. The van der Waals surface area contributed by atoms with Crippen LogP contribution in [-0.4, -0.2) is 9.55 Å². The molecule has 1 saturated carbocycles. The van der Waals surface area contributed by atoms with Crippen LogP contribution in [0.25, 0.3) is 11.0 Å². The summed E-state index contributed by atoms with van der Waals surface area (Å²) >= 11 is 5.99. The summed E-state index contributed by atoms with van der Waals surface area (Å²) in [6, 6.07) is 8.82. The van der Waals surface area contributed by atoms with Crippen LogP contribution in [0.3, 0.4) is 0 Å². The van der Waals surface area contributed by atoms with Gasteiger partial charge in [-0.25, -0.2) is 4.98 Å². The Balaban J connectivity index is 2.18. The number of benzene rings is 1. The first-order valence-corrected chi connectivity index (χ1v) is 6.36. The van der Waals surface area contributed by atoms with Gasteiger partial charge in [0.2, 0.25) is 0 Å². The highest BCUT2D eigenvalue weighted by Gasteiger charge is 2.31. The molecule has 1 fully saturated rings. The van der Waals surface area contributed by atoms with E-state index in [2.05, 4.69) is 34.7 Å². The van der Waals surface area contributed by atoms with Crippen molar-refractivity contribution in [3.05, 3.63) is 30.1 Å². The van der Waals surface area contributed by atoms with E-state index in [1.54, 1.807) is 0 Å². The van der Waals surface area contributed by atoms with Crippen molar-refractivity contribution in [2.24, 2.45) is 5.92 Å². The monoisotopic (exact) mass is 234 g/mol. The summed E-state index contributed by atoms with van der Waals surface area (Å²) in [5, 5.41) is 0. The van der Waals surface area contributed by atoms with E-state index in [1.165, 1.54) is 18.4 Å². The van der Waals surface area contributed by atoms with Gasteiger partial charge in [-0.2, -0.15) is 0 Å². The zero-order valence-corrected chi connectivity index (χ0v) is 10.1. The van der Waals surface area contributed by atoms with Crippen LogP contribution in [0.15, 0.2) is 24.3 Å². The Morgan fingerprint density at radius 3 is 2.88 bits per heavy atom. The van der Waals surface area contributed by atoms with Crippen LogP contribution in [0.5, 0.6) is 0 Å². The lowest BCUT2D eigenvalue weighted by Crippen LogP contribution is -2.10. The average molecular weight is 235 g/mol. The van der Waals surface area contributed by atoms with Crippen LogP contribution >= 0.6 is 11.6 Å². The fourth-order valence-electron chi connectivity index (χ4n) is 2.43. The molecule has 0 amide bonds. The molecule has 2 aromatic rings. The number of hydrogen-bond acceptors (Lipinski definition) is 1. The maximum atomic E-state index is 5.99. The summed E-state index contributed by atoms with van der Waals surface area (Å²) in [5.41, 5.74) is 2.28. The molecule has 0 N–H and O–H groups in total. The van der Waals surface area contributed by atoms with Crippen molar-refractivity contribution >= 4 is 22.6 Å². The highest BCUT2D eigenvalue weighted by Crippen LogP contribution is 2.41. The molecule has 1 aromatic heterocycles. The molecule has 1 unspecified atom stereocenters. The number of hydrogen-bond donors (Lipinski definition) is 0. The molecule has 16 heavy (non-hydrogen) atoms. The molecule has 0 bridgehead atoms. The van der Waals surface area contributed by atoms with Crippen LogP contribution in [0.4, 0.5) is 0 Å². The first-order chi connectivity index (χ1) is 7.81. The van der Waals surface area contributed by atoms with Crippen LogP contribution in [0.2, 0.25) is 0 Å². The molecule has 0 radical (unpaired) electrons. The molecule has 1 aromatic carbocycles. The van der Waals surface area contributed by atoms with Gasteiger partial charge in [-0.05, 0) is 37.8 Å². The third kappa shape index (κ3) is 1.52. The minimum absolute atomic E-state index is 0.492. The summed E-state index contributed by atoms with van der Waals surface area (Å²) in [6.07, 6.45) is 2.69. The van der Waals surface area contributed by atoms with Gasteiger partial charge >= 0.3 is 0 Å². The topological polar surface area (TPSA) is 17.8 Å². The van der Waals surface area contributed by atoms with Gasteiger partial charge in [-0.1, -0.05) is 12.1 Å². The van der Waals surface area contributed by atoms with Gasteiger partial charge in [0.25, 0.3) is 0 Å². The lowest BCUT2D eigenvalue weighted by molar-refractivity contribution is 0.486. The van der Waals surface area contributed by atoms with Crippen LogP contribution in [0.1, 0.15) is 31.6 Å². The van der Waals surface area contributed by atoms with Crippen molar-refractivity contribution < 1.29 is 0 Å². The van der Waals surface area contributed by atoms with Crippen molar-refractivity contribution in [2.45, 2.75) is 31.7 Å². The quantitative estimate of drug-likeness (QED) is 0.740. The summed E-state index contributed by atoms with van der Waals surface area (Å²) in [5.74, 6) is 2.31. The Morgan fingerprint density at radius 2 is 2.19 bits per heavy atom. The molecule has 0 spiro atoms. The van der Waals surface area contributed by atoms with E-state index in [9.17, 15) is 0 Å². The average Bonchev–Trinajstić information content (AvgIpc) is 3.08. The fraction of sp³-hybridized carbons (Fsp3) is 0.462. The lowest BCUT2D eigenvalue weighted by Gasteiger charge is -2.16. The number of alkyl halides is 1. The van der Waals surface area contributed by atoms with Crippen molar-refractivity contribution in [3.63, 3.8) is 0 Å². The van der Waals surface area contributed by atoms with Crippen LogP contribution < -0.4 is 0 Å². The Bertz CT molecular complexity index is 514. The summed E-state index contributed by atoms with van der Waals surface area (Å²) < 4.78 is 2.32. The van der Waals surface area contributed by atoms with Gasteiger partial charge in [0.15, 0.2) is 0 Å². The predicted molar refractivity (Wildman–Crippen MR) is 66.7 cm³/mol. The zero-order valence-electron chi connectivity index (χ0n) is 9.36. The van der Waals surface area contributed by atoms with Gasteiger partial charge < -0.3 is 4.57 Å². The molecule has 0 saturated heterocycles. The number of fused-ring (bicyclic) bond motifs is 1. The predicted octanol–water partition coefficient (Wildman–Crippen LogP) is 3.75. The second-order valence-corrected chi connectivity index (χ2v) is 4.87. The second kappa shape index (κ2) is 3.77. The maximum absolute atomic E-state index is 5.99. The number of halogens is 1. The fourth-order valence-corrected chi connectivity index (χ4v) is 2.62. The van der Waals surface area contributed by atoms with Crippen LogP contribution in [0, 0.1) is 5.92 Å². The third-order valence-electron chi connectivity index (χ3n) is 3.50. The lowest BCUT2D eigenvalue weighted by atomic mass is 10.2. The summed E-state index contributed by atoms with van der Waals surface area (Å²) in [4.78, 5) is 4.59. The second-order valence-electron chi connectivity index (χ2n) is 4.60. The molecule has 0 aliphatic heterocycles. The number of para-hydroxylation sites is 2. The van der Waals surface area contributed by atoms with Gasteiger partial charge in [-0.15, -0.1) is 11.6 Å². The molecular weight excluding hydrogens is 220 g/mol. The standard InChI is InChI=1S/C13H15ClN2/c1-9(10-6-7-10)16-12-5-3-2-4-11(12)15-13(16)8-14/h2-5,9-10H,6-8H2,1H3. The summed E-state index contributed by atoms with van der Waals surface area (Å²) in [6.45, 7) is 2.28. The Hall–Kier alpha value is -1.02. The largest absolute Gasteiger partial charge is 0.324 e. The normalized spacial score (nSPS) is 17.9. The van der Waals surface area contributed by atoms with Crippen molar-refractivity contribution in [3.8, 4) is 0 Å². The molecule has 2 nitrogen and oxygen atoms in total. The van der Waals surface area contributed by atoms with E-state index in [4.69, 9.17) is 11.6 Å². The Morgan fingerprint density at radius 1 is 1.44 bits per heavy atom. The molecule has 3 rings (SSSR count). The number of rotatable bonds is 3. The Kier molecular flexibility index (Phi) is 2.40. The van der Waals surface area contributed by atoms with E-state index in [0.717, 1.165) is 17.3 Å². The van der Waals surface area contributed by atoms with E-state index >= 15 is 0 Å². The number of aromatic nitrogens is 2. The Labute approximate surface area is 100 Å². The molecule has 3 heteroatoms. The van der Waals surface area contributed by atoms with Crippen LogP contribution in [-0.2, 0) is 5.88 Å². The molecule has 1 aliphatic rings. The minimum atomic E-state index is 0.492.